The number of nitrogens with one attached hydrogen (secondary N) is 1. The van der Waals surface area contributed by atoms with E-state index in [4.69, 9.17) is 4.74 Å². The Morgan fingerprint density at radius 1 is 1.39 bits per heavy atom. The molecule has 2 rings (SSSR count). The fraction of sp³-hybridized carbons (Fsp3) is 1.00. The highest BCUT2D eigenvalue weighted by molar-refractivity contribution is 7.89. The van der Waals surface area contributed by atoms with Gasteiger partial charge in [-0.15, -0.1) is 12.4 Å². The monoisotopic (exact) mass is 298 g/mol. The van der Waals surface area contributed by atoms with E-state index in [1.807, 2.05) is 7.05 Å². The van der Waals surface area contributed by atoms with Gasteiger partial charge < -0.3 is 10.1 Å². The zero-order valence-electron chi connectivity index (χ0n) is 10.8. The fourth-order valence-corrected chi connectivity index (χ4v) is 4.57. The molecular formula is C11H23ClN2O3S. The largest absolute Gasteiger partial charge is 0.380 e. The Labute approximate surface area is 116 Å². The summed E-state index contributed by atoms with van der Waals surface area (Å²) >= 11 is 0. The predicted molar refractivity (Wildman–Crippen MR) is 73.6 cm³/mol. The molecule has 0 bridgehead atoms. The maximum atomic E-state index is 12.4. The summed E-state index contributed by atoms with van der Waals surface area (Å²) in [6.07, 6.45) is 2.57. The van der Waals surface area contributed by atoms with Crippen LogP contribution < -0.4 is 5.32 Å². The van der Waals surface area contributed by atoms with E-state index in [0.717, 1.165) is 25.8 Å². The molecule has 0 saturated carbocycles. The average molecular weight is 299 g/mol. The number of rotatable bonds is 4. The van der Waals surface area contributed by atoms with Gasteiger partial charge in [-0.1, -0.05) is 0 Å². The van der Waals surface area contributed by atoms with Gasteiger partial charge in [-0.25, -0.2) is 12.7 Å². The Morgan fingerprint density at radius 2 is 2.17 bits per heavy atom. The van der Waals surface area contributed by atoms with Crippen molar-refractivity contribution in [2.24, 2.45) is 5.92 Å². The lowest BCUT2D eigenvalue weighted by Gasteiger charge is -2.27. The summed E-state index contributed by atoms with van der Waals surface area (Å²) in [4.78, 5) is 0. The summed E-state index contributed by atoms with van der Waals surface area (Å²) in [5, 5.41) is 2.80. The highest BCUT2D eigenvalue weighted by Gasteiger charge is 2.37. The van der Waals surface area contributed by atoms with Crippen molar-refractivity contribution in [1.29, 1.82) is 0 Å². The van der Waals surface area contributed by atoms with Crippen molar-refractivity contribution in [3.8, 4) is 0 Å². The van der Waals surface area contributed by atoms with Gasteiger partial charge >= 0.3 is 0 Å². The number of halogens is 1. The van der Waals surface area contributed by atoms with Crippen LogP contribution >= 0.6 is 12.4 Å². The van der Waals surface area contributed by atoms with Gasteiger partial charge in [0, 0.05) is 19.7 Å². The molecule has 2 aliphatic rings. The van der Waals surface area contributed by atoms with Crippen LogP contribution in [-0.4, -0.2) is 57.9 Å². The number of hydrogen-bond acceptors (Lipinski definition) is 4. The summed E-state index contributed by atoms with van der Waals surface area (Å²) in [5.41, 5.74) is 0. The van der Waals surface area contributed by atoms with Crippen LogP contribution in [0, 0.1) is 5.92 Å². The molecular weight excluding hydrogens is 276 g/mol. The Balaban J connectivity index is 0.00000162. The van der Waals surface area contributed by atoms with Gasteiger partial charge in [0.15, 0.2) is 0 Å². The van der Waals surface area contributed by atoms with Gasteiger partial charge in [-0.3, -0.25) is 0 Å². The minimum absolute atomic E-state index is 0. The first-order valence-corrected chi connectivity index (χ1v) is 7.86. The molecule has 0 amide bonds. The molecule has 7 heteroatoms. The first kappa shape index (κ1) is 16.2. The van der Waals surface area contributed by atoms with E-state index >= 15 is 0 Å². The van der Waals surface area contributed by atoms with Gasteiger partial charge in [0.2, 0.25) is 10.0 Å². The molecule has 5 nitrogen and oxygen atoms in total. The molecule has 2 heterocycles. The second-order valence-corrected chi connectivity index (χ2v) is 7.17. The summed E-state index contributed by atoms with van der Waals surface area (Å²) in [6, 6.07) is 0. The first-order valence-electron chi connectivity index (χ1n) is 6.36. The van der Waals surface area contributed by atoms with Gasteiger partial charge in [-0.05, 0) is 38.8 Å². The molecule has 18 heavy (non-hydrogen) atoms. The fourth-order valence-electron chi connectivity index (χ4n) is 2.64. The Morgan fingerprint density at radius 3 is 2.78 bits per heavy atom. The molecule has 0 aliphatic carbocycles. The summed E-state index contributed by atoms with van der Waals surface area (Å²) in [7, 11) is -1.22. The molecule has 2 aliphatic heterocycles. The molecule has 1 N–H and O–H groups in total. The second kappa shape index (κ2) is 7.05. The zero-order chi connectivity index (χ0) is 12.3. The van der Waals surface area contributed by atoms with Crippen LogP contribution in [0.25, 0.3) is 0 Å². The molecule has 0 aromatic heterocycles. The van der Waals surface area contributed by atoms with E-state index < -0.39 is 10.0 Å². The van der Waals surface area contributed by atoms with Crippen molar-refractivity contribution in [3.05, 3.63) is 0 Å². The zero-order valence-corrected chi connectivity index (χ0v) is 12.4. The van der Waals surface area contributed by atoms with Gasteiger partial charge in [0.05, 0.1) is 11.9 Å². The van der Waals surface area contributed by atoms with Crippen LogP contribution in [0.2, 0.25) is 0 Å². The van der Waals surface area contributed by atoms with Crippen LogP contribution in [0.15, 0.2) is 0 Å². The van der Waals surface area contributed by atoms with E-state index in [9.17, 15) is 8.42 Å². The van der Waals surface area contributed by atoms with Crippen molar-refractivity contribution in [2.75, 3.05) is 39.9 Å². The third-order valence-corrected chi connectivity index (χ3v) is 5.91. The minimum atomic E-state index is -3.13. The topological polar surface area (TPSA) is 58.6 Å². The quantitative estimate of drug-likeness (QED) is 0.819. The molecule has 0 aromatic carbocycles. The van der Waals surface area contributed by atoms with E-state index in [1.54, 1.807) is 4.31 Å². The summed E-state index contributed by atoms with van der Waals surface area (Å²) in [6.45, 7) is 3.31. The number of ether oxygens (including phenoxy) is 1. The van der Waals surface area contributed by atoms with Gasteiger partial charge in [0.1, 0.15) is 0 Å². The summed E-state index contributed by atoms with van der Waals surface area (Å²) in [5.74, 6) is 0.458. The lowest BCUT2D eigenvalue weighted by Crippen LogP contribution is -2.41. The SMILES string of the molecule is CNCC1CCN(S(=O)(=O)C2CCCOC2)C1.Cl. The molecule has 2 atom stereocenters. The first-order chi connectivity index (χ1) is 8.14. The number of nitrogens with zero attached hydrogens (tertiary/aromatic N) is 1. The van der Waals surface area contributed by atoms with E-state index in [2.05, 4.69) is 5.32 Å². The second-order valence-electron chi connectivity index (χ2n) is 4.95. The standard InChI is InChI=1S/C11H22N2O3S.ClH/c1-12-7-10-4-5-13(8-10)17(14,15)11-3-2-6-16-9-11;/h10-12H,2-9H2,1H3;1H. The minimum Gasteiger partial charge on any atom is -0.380 e. The predicted octanol–water partition coefficient (Wildman–Crippen LogP) is 0.458. The molecule has 2 unspecified atom stereocenters. The van der Waals surface area contributed by atoms with Crippen molar-refractivity contribution in [1.82, 2.24) is 9.62 Å². The molecule has 2 saturated heterocycles. The maximum absolute atomic E-state index is 12.4. The molecule has 0 aromatic rings. The van der Waals surface area contributed by atoms with Crippen molar-refractivity contribution in [2.45, 2.75) is 24.5 Å². The van der Waals surface area contributed by atoms with Gasteiger partial charge in [0.25, 0.3) is 0 Å². The molecule has 0 radical (unpaired) electrons. The highest BCUT2D eigenvalue weighted by atomic mass is 35.5. The van der Waals surface area contributed by atoms with Gasteiger partial charge in [-0.2, -0.15) is 0 Å². The van der Waals surface area contributed by atoms with Crippen LogP contribution in [0.3, 0.4) is 0 Å². The maximum Gasteiger partial charge on any atom is 0.219 e. The van der Waals surface area contributed by atoms with Crippen molar-refractivity contribution < 1.29 is 13.2 Å². The lowest BCUT2D eigenvalue weighted by atomic mass is 10.1. The molecule has 108 valence electrons. The van der Waals surface area contributed by atoms with Crippen LogP contribution in [0.4, 0.5) is 0 Å². The Kier molecular flexibility index (Phi) is 6.34. The van der Waals surface area contributed by atoms with Crippen LogP contribution in [0.1, 0.15) is 19.3 Å². The highest BCUT2D eigenvalue weighted by Crippen LogP contribution is 2.24. The van der Waals surface area contributed by atoms with E-state index in [1.165, 1.54) is 0 Å². The number of hydrogen-bond donors (Lipinski definition) is 1. The average Bonchev–Trinajstić information content (AvgIpc) is 2.80. The third-order valence-electron chi connectivity index (χ3n) is 3.64. The van der Waals surface area contributed by atoms with E-state index in [0.29, 0.717) is 32.2 Å². The smallest absolute Gasteiger partial charge is 0.219 e. The number of sulfonamides is 1. The van der Waals surface area contributed by atoms with Crippen molar-refractivity contribution >= 4 is 22.4 Å². The summed E-state index contributed by atoms with van der Waals surface area (Å²) < 4.78 is 31.7. The molecule has 0 spiro atoms. The Hall–Kier alpha value is 0.120. The van der Waals surface area contributed by atoms with Crippen molar-refractivity contribution in [3.63, 3.8) is 0 Å². The van der Waals surface area contributed by atoms with E-state index in [-0.39, 0.29) is 17.7 Å². The third kappa shape index (κ3) is 3.57. The van der Waals surface area contributed by atoms with Crippen LogP contribution in [0.5, 0.6) is 0 Å². The lowest BCUT2D eigenvalue weighted by molar-refractivity contribution is 0.0977. The normalized spacial score (nSPS) is 30.1. The Bertz CT molecular complexity index is 344. The molecule has 2 fully saturated rings. The van der Waals surface area contributed by atoms with Crippen LogP contribution in [-0.2, 0) is 14.8 Å².